The second-order valence-electron chi connectivity index (χ2n) is 6.26. The second-order valence-corrected chi connectivity index (χ2v) is 6.26. The maximum atomic E-state index is 11.8. The summed E-state index contributed by atoms with van der Waals surface area (Å²) in [5, 5.41) is 16.9. The van der Waals surface area contributed by atoms with Crippen LogP contribution in [0.3, 0.4) is 0 Å². The molecule has 0 radical (unpaired) electrons. The van der Waals surface area contributed by atoms with Crippen LogP contribution in [-0.4, -0.2) is 33.7 Å². The number of carbonyl (C=O) groups excluding carboxylic acids is 1. The Morgan fingerprint density at radius 3 is 2.76 bits per heavy atom. The number of ether oxygens (including phenoxy) is 1. The van der Waals surface area contributed by atoms with Crippen LogP contribution in [0.5, 0.6) is 0 Å². The fraction of sp³-hybridized carbons (Fsp3) is 0.200. The number of amides is 1. The summed E-state index contributed by atoms with van der Waals surface area (Å²) in [5.74, 6) is -0.194. The molecule has 150 valence electrons. The van der Waals surface area contributed by atoms with Gasteiger partial charge >= 0.3 is 12.0 Å². The van der Waals surface area contributed by atoms with Gasteiger partial charge in [0.1, 0.15) is 19.0 Å². The van der Waals surface area contributed by atoms with E-state index in [0.29, 0.717) is 18.8 Å². The number of para-hydroxylation sites is 1. The summed E-state index contributed by atoms with van der Waals surface area (Å²) in [4.78, 5) is 26.1. The van der Waals surface area contributed by atoms with Crippen molar-refractivity contribution in [3.63, 3.8) is 0 Å². The summed E-state index contributed by atoms with van der Waals surface area (Å²) >= 11 is 0. The molecule has 1 heterocycles. The monoisotopic (exact) mass is 395 g/mol. The van der Waals surface area contributed by atoms with Gasteiger partial charge in [0.2, 0.25) is 0 Å². The van der Waals surface area contributed by atoms with E-state index in [-0.39, 0.29) is 12.6 Å². The molecule has 0 atom stereocenters. The lowest BCUT2D eigenvalue weighted by Gasteiger charge is -2.13. The Hall–Kier alpha value is -3.88. The zero-order valence-corrected chi connectivity index (χ0v) is 15.9. The van der Waals surface area contributed by atoms with E-state index in [1.807, 2.05) is 43.3 Å². The number of nitro groups is 1. The van der Waals surface area contributed by atoms with Crippen LogP contribution >= 0.6 is 0 Å². The number of anilines is 2. The summed E-state index contributed by atoms with van der Waals surface area (Å²) in [6.45, 7) is 2.89. The van der Waals surface area contributed by atoms with Crippen LogP contribution in [0.4, 0.5) is 22.1 Å². The number of carbonyl (C=O) groups is 1. The van der Waals surface area contributed by atoms with Gasteiger partial charge in [0, 0.05) is 17.9 Å². The Morgan fingerprint density at radius 2 is 2.00 bits per heavy atom. The van der Waals surface area contributed by atoms with Gasteiger partial charge in [-0.15, -0.1) is 0 Å². The maximum Gasteiger partial charge on any atom is 0.434 e. The quantitative estimate of drug-likeness (QED) is 0.341. The van der Waals surface area contributed by atoms with Crippen molar-refractivity contribution in [3.8, 4) is 0 Å². The van der Waals surface area contributed by atoms with E-state index >= 15 is 0 Å². The molecule has 3 rings (SSSR count). The lowest BCUT2D eigenvalue weighted by molar-refractivity contribution is -0.396. The average Bonchev–Trinajstić information content (AvgIpc) is 3.17. The lowest BCUT2D eigenvalue weighted by Crippen LogP contribution is -2.18. The van der Waals surface area contributed by atoms with Crippen LogP contribution in [0.1, 0.15) is 11.1 Å². The predicted octanol–water partition coefficient (Wildman–Crippen LogP) is 3.81. The number of hydrogen-bond donors (Lipinski definition) is 2. The van der Waals surface area contributed by atoms with Crippen molar-refractivity contribution in [1.82, 2.24) is 9.55 Å². The third-order valence-electron chi connectivity index (χ3n) is 4.31. The van der Waals surface area contributed by atoms with Gasteiger partial charge in [0.25, 0.3) is 0 Å². The van der Waals surface area contributed by atoms with Crippen molar-refractivity contribution < 1.29 is 14.5 Å². The standard InChI is InChI=1S/C20H21N5O4/c1-15-16(14-24-12-10-22-19(24)25(27)28)6-5-9-18(15)21-11-13-29-20(26)23-17-7-3-2-4-8-17/h2-10,12,21H,11,13-14H2,1H3,(H,23,26). The normalized spacial score (nSPS) is 10.4. The highest BCUT2D eigenvalue weighted by molar-refractivity contribution is 5.84. The molecular weight excluding hydrogens is 374 g/mol. The van der Waals surface area contributed by atoms with Crippen molar-refractivity contribution in [3.05, 3.63) is 82.2 Å². The highest BCUT2D eigenvalue weighted by atomic mass is 16.6. The van der Waals surface area contributed by atoms with Crippen molar-refractivity contribution in [1.29, 1.82) is 0 Å². The number of imidazole rings is 1. The number of nitrogens with zero attached hydrogens (tertiary/aromatic N) is 3. The molecule has 0 unspecified atom stereocenters. The highest BCUT2D eigenvalue weighted by Crippen LogP contribution is 2.21. The fourth-order valence-electron chi connectivity index (χ4n) is 2.83. The summed E-state index contributed by atoms with van der Waals surface area (Å²) in [6.07, 6.45) is 2.47. The van der Waals surface area contributed by atoms with Gasteiger partial charge in [-0.05, 0) is 41.2 Å². The fourth-order valence-corrected chi connectivity index (χ4v) is 2.83. The zero-order valence-electron chi connectivity index (χ0n) is 15.9. The summed E-state index contributed by atoms with van der Waals surface area (Å²) < 4.78 is 6.65. The molecule has 9 heteroatoms. The third kappa shape index (κ3) is 5.32. The summed E-state index contributed by atoms with van der Waals surface area (Å²) in [5.41, 5.74) is 3.43. The lowest BCUT2D eigenvalue weighted by atomic mass is 10.1. The molecule has 9 nitrogen and oxygen atoms in total. The molecule has 0 aliphatic rings. The molecule has 0 aliphatic heterocycles. The SMILES string of the molecule is Cc1c(Cn2ccnc2[N+](=O)[O-])cccc1NCCOC(=O)Nc1ccccc1. The minimum Gasteiger partial charge on any atom is -0.447 e. The highest BCUT2D eigenvalue weighted by Gasteiger charge is 2.15. The first kappa shape index (κ1) is 19.9. The summed E-state index contributed by atoms with van der Waals surface area (Å²) in [6, 6.07) is 14.8. The largest absolute Gasteiger partial charge is 0.447 e. The molecule has 2 N–H and O–H groups in total. The van der Waals surface area contributed by atoms with Crippen LogP contribution in [0.15, 0.2) is 60.9 Å². The van der Waals surface area contributed by atoms with Crippen molar-refractivity contribution in [2.45, 2.75) is 13.5 Å². The molecule has 2 aromatic carbocycles. The van der Waals surface area contributed by atoms with Crippen LogP contribution in [0, 0.1) is 17.0 Å². The molecule has 0 saturated heterocycles. The maximum absolute atomic E-state index is 11.8. The molecule has 1 amide bonds. The molecule has 0 bridgehead atoms. The predicted molar refractivity (Wildman–Crippen MR) is 109 cm³/mol. The smallest absolute Gasteiger partial charge is 0.434 e. The van der Waals surface area contributed by atoms with Gasteiger partial charge in [0.05, 0.1) is 6.54 Å². The molecular formula is C20H21N5O4. The minimum absolute atomic E-state index is 0.190. The van der Waals surface area contributed by atoms with Gasteiger partial charge in [-0.2, -0.15) is 0 Å². The van der Waals surface area contributed by atoms with E-state index in [1.54, 1.807) is 18.3 Å². The number of benzene rings is 2. The van der Waals surface area contributed by atoms with Gasteiger partial charge in [-0.3, -0.25) is 5.32 Å². The van der Waals surface area contributed by atoms with Crippen molar-refractivity contribution >= 4 is 23.4 Å². The van der Waals surface area contributed by atoms with E-state index in [1.165, 1.54) is 10.8 Å². The Morgan fingerprint density at radius 1 is 1.21 bits per heavy atom. The Labute approximate surface area is 167 Å². The topological polar surface area (TPSA) is 111 Å². The van der Waals surface area contributed by atoms with Gasteiger partial charge in [-0.1, -0.05) is 35.3 Å². The zero-order chi connectivity index (χ0) is 20.6. The third-order valence-corrected chi connectivity index (χ3v) is 4.31. The first-order chi connectivity index (χ1) is 14.0. The van der Waals surface area contributed by atoms with E-state index in [9.17, 15) is 14.9 Å². The van der Waals surface area contributed by atoms with Crippen LogP contribution in [0.25, 0.3) is 0 Å². The van der Waals surface area contributed by atoms with Crippen molar-refractivity contribution in [2.24, 2.45) is 0 Å². The first-order valence-corrected chi connectivity index (χ1v) is 9.01. The molecule has 0 saturated carbocycles. The van der Waals surface area contributed by atoms with Gasteiger partial charge in [0.15, 0.2) is 0 Å². The molecule has 0 aliphatic carbocycles. The number of aromatic nitrogens is 2. The van der Waals surface area contributed by atoms with E-state index in [2.05, 4.69) is 15.6 Å². The molecule has 0 fully saturated rings. The van der Waals surface area contributed by atoms with Crippen LogP contribution in [0.2, 0.25) is 0 Å². The van der Waals surface area contributed by atoms with Gasteiger partial charge in [-0.25, -0.2) is 9.36 Å². The first-order valence-electron chi connectivity index (χ1n) is 9.01. The van der Waals surface area contributed by atoms with E-state index in [4.69, 9.17) is 4.74 Å². The minimum atomic E-state index is -0.518. The second kappa shape index (κ2) is 9.36. The van der Waals surface area contributed by atoms with E-state index in [0.717, 1.165) is 16.8 Å². The molecule has 0 spiro atoms. The van der Waals surface area contributed by atoms with Gasteiger partial charge < -0.3 is 20.2 Å². The average molecular weight is 395 g/mol. The van der Waals surface area contributed by atoms with Crippen LogP contribution < -0.4 is 10.6 Å². The Bertz CT molecular complexity index is 988. The number of hydrogen-bond acceptors (Lipinski definition) is 6. The number of nitrogens with one attached hydrogen (secondary N) is 2. The Balaban J connectivity index is 1.52. The summed E-state index contributed by atoms with van der Waals surface area (Å²) in [7, 11) is 0. The van der Waals surface area contributed by atoms with E-state index < -0.39 is 11.0 Å². The molecule has 29 heavy (non-hydrogen) atoms. The number of rotatable bonds is 8. The van der Waals surface area contributed by atoms with Crippen molar-refractivity contribution in [2.75, 3.05) is 23.8 Å². The molecule has 1 aromatic heterocycles. The Kier molecular flexibility index (Phi) is 6.41. The van der Waals surface area contributed by atoms with Crippen LogP contribution in [-0.2, 0) is 11.3 Å². The molecule has 3 aromatic rings.